The molecule has 0 unspecified atom stereocenters. The summed E-state index contributed by atoms with van der Waals surface area (Å²) in [4.78, 5) is 4.92. The van der Waals surface area contributed by atoms with Crippen molar-refractivity contribution >= 4 is 17.6 Å². The van der Waals surface area contributed by atoms with E-state index in [0.717, 1.165) is 16.2 Å². The lowest BCUT2D eigenvalue weighted by molar-refractivity contribution is 0.218. The van der Waals surface area contributed by atoms with Gasteiger partial charge in [0.05, 0.1) is 6.61 Å². The van der Waals surface area contributed by atoms with Crippen molar-refractivity contribution in [3.05, 3.63) is 24.0 Å². The van der Waals surface area contributed by atoms with E-state index in [4.69, 9.17) is 15.9 Å². The first-order valence-electron chi connectivity index (χ1n) is 4.16. The summed E-state index contributed by atoms with van der Waals surface area (Å²) in [5, 5.41) is 7.36. The predicted octanol–water partition coefficient (Wildman–Crippen LogP) is 1.10. The summed E-state index contributed by atoms with van der Waals surface area (Å²) in [6.07, 6.45) is 3.36. The second-order valence-electron chi connectivity index (χ2n) is 2.63. The lowest BCUT2D eigenvalue weighted by atomic mass is 10.2. The molecule has 5 heteroatoms. The van der Waals surface area contributed by atoms with Crippen molar-refractivity contribution in [3.63, 3.8) is 0 Å². The van der Waals surface area contributed by atoms with Crippen molar-refractivity contribution < 1.29 is 4.74 Å². The summed E-state index contributed by atoms with van der Waals surface area (Å²) in [5.41, 5.74) is 6.17. The van der Waals surface area contributed by atoms with Gasteiger partial charge < -0.3 is 10.5 Å². The van der Waals surface area contributed by atoms with Gasteiger partial charge in [0, 0.05) is 35.7 Å². The van der Waals surface area contributed by atoms with Crippen LogP contribution < -0.4 is 5.73 Å². The van der Waals surface area contributed by atoms with Crippen molar-refractivity contribution in [1.82, 2.24) is 4.98 Å². The van der Waals surface area contributed by atoms with Crippen LogP contribution in [0.25, 0.3) is 0 Å². The zero-order valence-corrected chi connectivity index (χ0v) is 8.80. The van der Waals surface area contributed by atoms with E-state index in [9.17, 15) is 0 Å². The highest BCUT2D eigenvalue weighted by molar-refractivity contribution is 7.99. The van der Waals surface area contributed by atoms with Gasteiger partial charge in [-0.25, -0.2) is 0 Å². The van der Waals surface area contributed by atoms with E-state index in [1.807, 2.05) is 0 Å². The maximum Gasteiger partial charge on any atom is 0.124 e. The molecule has 0 aliphatic rings. The van der Waals surface area contributed by atoms with E-state index in [1.165, 1.54) is 0 Å². The molecule has 0 fully saturated rings. The van der Waals surface area contributed by atoms with Gasteiger partial charge in [0.15, 0.2) is 0 Å². The number of nitrogens with one attached hydrogen (secondary N) is 1. The molecule has 14 heavy (non-hydrogen) atoms. The predicted molar refractivity (Wildman–Crippen MR) is 57.9 cm³/mol. The highest BCUT2D eigenvalue weighted by Gasteiger charge is 2.04. The Balaban J connectivity index is 2.69. The van der Waals surface area contributed by atoms with Crippen molar-refractivity contribution in [2.45, 2.75) is 4.90 Å². The van der Waals surface area contributed by atoms with Crippen molar-refractivity contribution in [2.24, 2.45) is 5.73 Å². The quantitative estimate of drug-likeness (QED) is 0.331. The molecule has 0 atom stereocenters. The maximum absolute atomic E-state index is 7.36. The number of nitrogens with two attached hydrogens (primary N) is 1. The van der Waals surface area contributed by atoms with Crippen molar-refractivity contribution in [2.75, 3.05) is 19.5 Å². The van der Waals surface area contributed by atoms with E-state index in [0.29, 0.717) is 6.61 Å². The van der Waals surface area contributed by atoms with Gasteiger partial charge in [-0.15, -0.1) is 11.8 Å². The molecule has 0 aliphatic carbocycles. The Bertz CT molecular complexity index is 317. The lowest BCUT2D eigenvalue weighted by Crippen LogP contribution is -2.12. The lowest BCUT2D eigenvalue weighted by Gasteiger charge is -2.05. The number of nitrogen functional groups attached to an aromatic ring is 1. The van der Waals surface area contributed by atoms with Gasteiger partial charge in [0.1, 0.15) is 5.84 Å². The number of thioether (sulfide) groups is 1. The second kappa shape index (κ2) is 5.62. The van der Waals surface area contributed by atoms with Crippen LogP contribution in [0, 0.1) is 5.41 Å². The Kier molecular flexibility index (Phi) is 4.42. The summed E-state index contributed by atoms with van der Waals surface area (Å²) < 4.78 is 4.94. The average Bonchev–Trinajstić information content (AvgIpc) is 2.19. The molecular weight excluding hydrogens is 198 g/mol. The average molecular weight is 211 g/mol. The van der Waals surface area contributed by atoms with Crippen molar-refractivity contribution in [3.8, 4) is 0 Å². The Morgan fingerprint density at radius 2 is 2.50 bits per heavy atom. The Morgan fingerprint density at radius 1 is 1.71 bits per heavy atom. The first-order valence-corrected chi connectivity index (χ1v) is 5.14. The molecule has 0 aliphatic heterocycles. The van der Waals surface area contributed by atoms with E-state index in [1.54, 1.807) is 37.3 Å². The maximum atomic E-state index is 7.36. The minimum atomic E-state index is 0.0762. The molecule has 0 saturated carbocycles. The first kappa shape index (κ1) is 11.0. The van der Waals surface area contributed by atoms with E-state index in [-0.39, 0.29) is 5.84 Å². The second-order valence-corrected chi connectivity index (χ2v) is 3.76. The van der Waals surface area contributed by atoms with Gasteiger partial charge in [-0.05, 0) is 6.07 Å². The summed E-state index contributed by atoms with van der Waals surface area (Å²) in [6.45, 7) is 0.677. The molecule has 0 saturated heterocycles. The minimum Gasteiger partial charge on any atom is -0.384 e. The van der Waals surface area contributed by atoms with Gasteiger partial charge in [0.25, 0.3) is 0 Å². The zero-order valence-electron chi connectivity index (χ0n) is 7.99. The number of amidine groups is 1. The third kappa shape index (κ3) is 3.01. The van der Waals surface area contributed by atoms with Crippen LogP contribution in [0.4, 0.5) is 0 Å². The van der Waals surface area contributed by atoms with E-state index >= 15 is 0 Å². The van der Waals surface area contributed by atoms with Crippen LogP contribution in [0.3, 0.4) is 0 Å². The first-order chi connectivity index (χ1) is 6.75. The molecule has 3 N–H and O–H groups in total. The van der Waals surface area contributed by atoms with Crippen LogP contribution in [-0.2, 0) is 4.74 Å². The SMILES string of the molecule is COCCSc1cnccc1C(=N)N. The molecule has 1 rings (SSSR count). The third-order valence-electron chi connectivity index (χ3n) is 1.62. The third-order valence-corrected chi connectivity index (χ3v) is 2.63. The minimum absolute atomic E-state index is 0.0762. The molecule has 1 aromatic rings. The van der Waals surface area contributed by atoms with Crippen LogP contribution in [-0.4, -0.2) is 30.3 Å². The molecule has 76 valence electrons. The molecule has 0 aromatic carbocycles. The monoisotopic (exact) mass is 211 g/mol. The van der Waals surface area contributed by atoms with Gasteiger partial charge in [-0.1, -0.05) is 0 Å². The number of methoxy groups -OCH3 is 1. The fourth-order valence-electron chi connectivity index (χ4n) is 0.952. The summed E-state index contributed by atoms with van der Waals surface area (Å²) >= 11 is 1.59. The van der Waals surface area contributed by atoms with Gasteiger partial charge in [0.2, 0.25) is 0 Å². The summed E-state index contributed by atoms with van der Waals surface area (Å²) in [7, 11) is 1.66. The van der Waals surface area contributed by atoms with Crippen LogP contribution in [0.15, 0.2) is 23.4 Å². The molecule has 1 heterocycles. The molecular formula is C9H13N3OS. The highest BCUT2D eigenvalue weighted by atomic mass is 32.2. The molecule has 1 aromatic heterocycles. The number of hydrogen-bond acceptors (Lipinski definition) is 4. The van der Waals surface area contributed by atoms with Gasteiger partial charge in [-0.3, -0.25) is 10.4 Å². The smallest absolute Gasteiger partial charge is 0.124 e. The summed E-state index contributed by atoms with van der Waals surface area (Å²) in [6, 6.07) is 1.75. The fraction of sp³-hybridized carbons (Fsp3) is 0.333. The molecule has 0 amide bonds. The molecule has 0 bridgehead atoms. The van der Waals surface area contributed by atoms with E-state index in [2.05, 4.69) is 4.98 Å². The molecule has 4 nitrogen and oxygen atoms in total. The fourth-order valence-corrected chi connectivity index (χ4v) is 1.89. The number of aromatic nitrogens is 1. The standard InChI is InChI=1S/C9H13N3OS/c1-13-4-5-14-8-6-12-3-2-7(8)9(10)11/h2-3,6H,4-5H2,1H3,(H3,10,11). The number of ether oxygens (including phenoxy) is 1. The van der Waals surface area contributed by atoms with Gasteiger partial charge >= 0.3 is 0 Å². The zero-order chi connectivity index (χ0) is 10.4. The number of pyridine rings is 1. The topological polar surface area (TPSA) is 72.0 Å². The Labute approximate surface area is 87.4 Å². The van der Waals surface area contributed by atoms with Crippen LogP contribution in [0.2, 0.25) is 0 Å². The Morgan fingerprint density at radius 3 is 3.14 bits per heavy atom. The molecule has 0 radical (unpaired) electrons. The number of nitrogens with zero attached hydrogens (tertiary/aromatic N) is 1. The van der Waals surface area contributed by atoms with Gasteiger partial charge in [-0.2, -0.15) is 0 Å². The number of hydrogen-bond donors (Lipinski definition) is 2. The summed E-state index contributed by atoms with van der Waals surface area (Å²) in [5.74, 6) is 0.912. The van der Waals surface area contributed by atoms with Crippen LogP contribution in [0.5, 0.6) is 0 Å². The number of rotatable bonds is 5. The van der Waals surface area contributed by atoms with Crippen molar-refractivity contribution in [1.29, 1.82) is 5.41 Å². The normalized spacial score (nSPS) is 10.1. The highest BCUT2D eigenvalue weighted by Crippen LogP contribution is 2.20. The van der Waals surface area contributed by atoms with Crippen LogP contribution in [0.1, 0.15) is 5.56 Å². The molecule has 0 spiro atoms. The largest absolute Gasteiger partial charge is 0.384 e. The Hall–Kier alpha value is -1.07. The van der Waals surface area contributed by atoms with E-state index < -0.39 is 0 Å². The van der Waals surface area contributed by atoms with Crippen LogP contribution >= 0.6 is 11.8 Å².